The van der Waals surface area contributed by atoms with Crippen LogP contribution in [0.15, 0.2) is 43.0 Å². The number of carboxylic acid groups (broad SMARTS) is 1. The molecule has 2 bridgehead atoms. The second-order valence-electron chi connectivity index (χ2n) is 9.37. The molecule has 0 aliphatic carbocycles. The van der Waals surface area contributed by atoms with Crippen molar-refractivity contribution in [2.24, 2.45) is 17.8 Å². The van der Waals surface area contributed by atoms with E-state index < -0.39 is 34.6 Å². The number of carboxylic acids is 1. The maximum atomic E-state index is 14.2. The summed E-state index contributed by atoms with van der Waals surface area (Å²) in [5, 5.41) is 19.9. The molecule has 0 radical (unpaired) electrons. The van der Waals surface area contributed by atoms with Crippen LogP contribution < -0.4 is 0 Å². The van der Waals surface area contributed by atoms with Gasteiger partial charge in [0, 0.05) is 18.3 Å². The lowest BCUT2D eigenvalue weighted by atomic mass is 9.66. The van der Waals surface area contributed by atoms with E-state index in [1.54, 1.807) is 11.0 Å². The van der Waals surface area contributed by atoms with E-state index >= 15 is 0 Å². The van der Waals surface area contributed by atoms with Crippen molar-refractivity contribution in [1.29, 1.82) is 0 Å². The fourth-order valence-electron chi connectivity index (χ4n) is 6.19. The maximum Gasteiger partial charge on any atom is 0.308 e. The molecule has 7 atom stereocenters. The second kappa shape index (κ2) is 9.14. The molecule has 1 spiro atoms. The highest BCUT2D eigenvalue weighted by Crippen LogP contribution is 2.69. The van der Waals surface area contributed by atoms with Gasteiger partial charge < -0.3 is 20.0 Å². The van der Waals surface area contributed by atoms with Crippen LogP contribution in [0.4, 0.5) is 0 Å². The molecule has 3 fully saturated rings. The van der Waals surface area contributed by atoms with Crippen molar-refractivity contribution < 1.29 is 24.6 Å². The van der Waals surface area contributed by atoms with Crippen molar-refractivity contribution in [1.82, 2.24) is 9.80 Å². The molecule has 7 nitrogen and oxygen atoms in total. The van der Waals surface area contributed by atoms with Crippen LogP contribution in [-0.4, -0.2) is 73.0 Å². The van der Waals surface area contributed by atoms with E-state index in [4.69, 9.17) is 0 Å². The number of amides is 2. The normalized spacial score (nSPS) is 33.1. The molecule has 2 amide bonds. The van der Waals surface area contributed by atoms with Gasteiger partial charge in [-0.2, -0.15) is 0 Å². The quantitative estimate of drug-likeness (QED) is 0.536. The van der Waals surface area contributed by atoms with Crippen molar-refractivity contribution in [3.8, 4) is 0 Å². The van der Waals surface area contributed by atoms with Crippen molar-refractivity contribution in [3.05, 3.63) is 48.6 Å². The van der Waals surface area contributed by atoms with E-state index in [0.29, 0.717) is 25.9 Å². The fraction of sp³-hybridized carbons (Fsp3) is 0.560. The van der Waals surface area contributed by atoms with Crippen molar-refractivity contribution in [2.75, 3.05) is 13.2 Å². The zero-order valence-electron chi connectivity index (χ0n) is 19.1. The molecule has 3 aliphatic rings. The lowest BCUT2D eigenvalue weighted by molar-refractivity contribution is -0.150. The predicted molar refractivity (Wildman–Crippen MR) is 126 cm³/mol. The summed E-state index contributed by atoms with van der Waals surface area (Å²) in [6, 6.07) is 8.30. The van der Waals surface area contributed by atoms with Crippen molar-refractivity contribution in [3.63, 3.8) is 0 Å². The first-order valence-electron chi connectivity index (χ1n) is 11.6. The number of aliphatic carboxylic acids is 1. The first-order valence-corrected chi connectivity index (χ1v) is 12.5. The second-order valence-corrected chi connectivity index (χ2v) is 10.9. The molecule has 3 saturated heterocycles. The lowest BCUT2D eigenvalue weighted by Gasteiger charge is -2.41. The number of benzene rings is 1. The number of fused-ring (bicyclic) bond motifs is 1. The van der Waals surface area contributed by atoms with Crippen LogP contribution in [0.25, 0.3) is 0 Å². The highest BCUT2D eigenvalue weighted by molar-refractivity contribution is 8.02. The highest BCUT2D eigenvalue weighted by atomic mass is 32.2. The molecule has 4 rings (SSSR count). The number of carbonyl (C=O) groups excluding carboxylic acids is 2. The number of aliphatic hydroxyl groups excluding tert-OH is 1. The minimum absolute atomic E-state index is 0.00880. The molecular weight excluding hydrogens is 440 g/mol. The molecule has 178 valence electrons. The number of hydrogen-bond acceptors (Lipinski definition) is 5. The number of hydrogen-bond donors (Lipinski definition) is 2. The molecule has 3 aliphatic heterocycles. The number of aliphatic hydroxyl groups is 1. The standard InChI is InChI=1S/C25H32N2O5S/c1-4-11-26(13-16-9-7-6-8-10-16)23(30)21-25-15(3)12-18(33-25)19(24(31)32)20(25)22(29)27(21)17(5-2)14-28/h4,6-10,15,17-21,28H,1,5,11-14H2,2-3H3,(H,31,32)/t15?,17-,18-,19+,20-,21?,25?/m0/s1. The van der Waals surface area contributed by atoms with Gasteiger partial charge in [-0.1, -0.05) is 50.3 Å². The van der Waals surface area contributed by atoms with E-state index in [2.05, 4.69) is 6.58 Å². The van der Waals surface area contributed by atoms with Gasteiger partial charge in [0.05, 0.1) is 29.2 Å². The Morgan fingerprint density at radius 3 is 2.64 bits per heavy atom. The zero-order valence-corrected chi connectivity index (χ0v) is 19.9. The monoisotopic (exact) mass is 472 g/mol. The third kappa shape index (κ3) is 3.58. The Hall–Kier alpha value is -2.32. The van der Waals surface area contributed by atoms with E-state index in [0.717, 1.165) is 5.56 Å². The summed E-state index contributed by atoms with van der Waals surface area (Å²) >= 11 is 1.52. The molecule has 0 aromatic heterocycles. The topological polar surface area (TPSA) is 98.2 Å². The van der Waals surface area contributed by atoms with Gasteiger partial charge in [-0.25, -0.2) is 0 Å². The Morgan fingerprint density at radius 2 is 2.06 bits per heavy atom. The molecule has 3 unspecified atom stereocenters. The Labute approximate surface area is 198 Å². The fourth-order valence-corrected chi connectivity index (χ4v) is 8.59. The minimum atomic E-state index is -0.975. The van der Waals surface area contributed by atoms with E-state index in [1.807, 2.05) is 44.2 Å². The predicted octanol–water partition coefficient (Wildman–Crippen LogP) is 2.39. The Bertz CT molecular complexity index is 936. The van der Waals surface area contributed by atoms with Gasteiger partial charge in [-0.3, -0.25) is 14.4 Å². The van der Waals surface area contributed by atoms with E-state index in [-0.39, 0.29) is 29.6 Å². The van der Waals surface area contributed by atoms with Crippen molar-refractivity contribution >= 4 is 29.5 Å². The first kappa shape index (κ1) is 23.8. The van der Waals surface area contributed by atoms with Crippen LogP contribution in [0.1, 0.15) is 32.3 Å². The van der Waals surface area contributed by atoms with Gasteiger partial charge >= 0.3 is 5.97 Å². The average Bonchev–Trinajstić information content (AvgIpc) is 3.39. The van der Waals surface area contributed by atoms with Crippen molar-refractivity contribution in [2.45, 2.75) is 55.3 Å². The van der Waals surface area contributed by atoms with Gasteiger partial charge in [0.2, 0.25) is 11.8 Å². The van der Waals surface area contributed by atoms with Crippen LogP contribution in [-0.2, 0) is 20.9 Å². The van der Waals surface area contributed by atoms with E-state index in [1.165, 1.54) is 16.7 Å². The lowest BCUT2D eigenvalue weighted by Crippen LogP contribution is -2.59. The summed E-state index contributed by atoms with van der Waals surface area (Å²) in [6.07, 6.45) is 2.82. The number of nitrogens with zero attached hydrogens (tertiary/aromatic N) is 2. The molecule has 2 N–H and O–H groups in total. The highest BCUT2D eigenvalue weighted by Gasteiger charge is 2.76. The molecular formula is C25H32N2O5S. The molecule has 0 saturated carbocycles. The Balaban J connectivity index is 1.80. The molecule has 1 aromatic carbocycles. The van der Waals surface area contributed by atoms with Gasteiger partial charge in [0.25, 0.3) is 0 Å². The molecule has 8 heteroatoms. The van der Waals surface area contributed by atoms with Gasteiger partial charge in [-0.15, -0.1) is 18.3 Å². The molecule has 3 heterocycles. The zero-order chi connectivity index (χ0) is 23.9. The summed E-state index contributed by atoms with van der Waals surface area (Å²) in [6.45, 7) is 8.13. The SMILES string of the molecule is C=CCN(Cc1ccccc1)C(=O)C1N([C@@H](CC)CO)C(=O)[C@@H]2[C@H](C(=O)O)[C@@H]3CC(C)C12S3. The number of carbonyl (C=O) groups is 3. The van der Waals surface area contributed by atoms with Crippen LogP contribution in [0.5, 0.6) is 0 Å². The van der Waals surface area contributed by atoms with Gasteiger partial charge in [0.15, 0.2) is 0 Å². The van der Waals surface area contributed by atoms with Gasteiger partial charge in [0.1, 0.15) is 6.04 Å². The molecule has 1 aromatic rings. The summed E-state index contributed by atoms with van der Waals surface area (Å²) < 4.78 is -0.805. The van der Waals surface area contributed by atoms with Crippen LogP contribution in [0.3, 0.4) is 0 Å². The summed E-state index contributed by atoms with van der Waals surface area (Å²) in [5.41, 5.74) is 0.964. The summed E-state index contributed by atoms with van der Waals surface area (Å²) in [5.74, 6) is -3.04. The molecule has 33 heavy (non-hydrogen) atoms. The summed E-state index contributed by atoms with van der Waals surface area (Å²) in [7, 11) is 0. The maximum absolute atomic E-state index is 14.2. The smallest absolute Gasteiger partial charge is 0.308 e. The summed E-state index contributed by atoms with van der Waals surface area (Å²) in [4.78, 5) is 43.5. The van der Waals surface area contributed by atoms with Crippen LogP contribution >= 0.6 is 11.8 Å². The average molecular weight is 473 g/mol. The number of rotatable bonds is 9. The van der Waals surface area contributed by atoms with E-state index in [9.17, 15) is 24.6 Å². The number of thioether (sulfide) groups is 1. The third-order valence-electron chi connectivity index (χ3n) is 7.66. The van der Waals surface area contributed by atoms with Crippen LogP contribution in [0, 0.1) is 17.8 Å². The largest absolute Gasteiger partial charge is 0.481 e. The third-order valence-corrected chi connectivity index (χ3v) is 9.73. The van der Waals surface area contributed by atoms with Gasteiger partial charge in [-0.05, 0) is 24.3 Å². The first-order chi connectivity index (χ1) is 15.8. The Morgan fingerprint density at radius 1 is 1.36 bits per heavy atom. The Kier molecular flexibility index (Phi) is 6.60. The van der Waals surface area contributed by atoms with Crippen LogP contribution in [0.2, 0.25) is 0 Å². The number of likely N-dealkylation sites (tertiary alicyclic amines) is 1. The minimum Gasteiger partial charge on any atom is -0.481 e.